The van der Waals surface area contributed by atoms with Crippen molar-refractivity contribution in [3.8, 4) is 11.1 Å². The van der Waals surface area contributed by atoms with Gasteiger partial charge in [0.15, 0.2) is 0 Å². The van der Waals surface area contributed by atoms with E-state index in [0.717, 1.165) is 40.4 Å². The molecule has 1 saturated carbocycles. The molecule has 1 aromatic heterocycles. The summed E-state index contributed by atoms with van der Waals surface area (Å²) in [6, 6.07) is 12.1. The molecule has 1 aliphatic carbocycles. The first-order chi connectivity index (χ1) is 10.6. The Morgan fingerprint density at radius 2 is 1.77 bits per heavy atom. The van der Waals surface area contributed by atoms with Crippen LogP contribution < -0.4 is 0 Å². The Balaban J connectivity index is 1.87. The maximum absolute atomic E-state index is 13.0. The van der Waals surface area contributed by atoms with Gasteiger partial charge in [-0.25, -0.2) is 9.18 Å². The number of rotatable bonds is 3. The van der Waals surface area contributed by atoms with Crippen LogP contribution in [0.2, 0.25) is 0 Å². The van der Waals surface area contributed by atoms with Crippen molar-refractivity contribution < 1.29 is 14.3 Å². The first-order valence-corrected chi connectivity index (χ1v) is 7.28. The lowest BCUT2D eigenvalue weighted by Crippen LogP contribution is -2.00. The number of halogens is 1. The standard InChI is InChI=1S/C18H14FNO2/c19-13-6-3-10(4-7-13)12-5-8-14-15(9-12)20-17(18(21)22)16(14)11-1-2-11/h3-9,11,20H,1-2H2,(H,21,22). The van der Waals surface area contributed by atoms with E-state index in [9.17, 15) is 14.3 Å². The molecule has 0 amide bonds. The number of aromatic amines is 1. The lowest BCUT2D eigenvalue weighted by Gasteiger charge is -2.03. The zero-order valence-electron chi connectivity index (χ0n) is 11.8. The fourth-order valence-corrected chi connectivity index (χ4v) is 3.01. The average Bonchev–Trinajstić information content (AvgIpc) is 3.27. The molecule has 0 saturated heterocycles. The largest absolute Gasteiger partial charge is 0.477 e. The van der Waals surface area contributed by atoms with Crippen molar-refractivity contribution in [3.63, 3.8) is 0 Å². The van der Waals surface area contributed by atoms with Gasteiger partial charge in [-0.15, -0.1) is 0 Å². The van der Waals surface area contributed by atoms with Crippen molar-refractivity contribution >= 4 is 16.9 Å². The van der Waals surface area contributed by atoms with Crippen LogP contribution in [0.5, 0.6) is 0 Å². The third-order valence-corrected chi connectivity index (χ3v) is 4.22. The summed E-state index contributed by atoms with van der Waals surface area (Å²) in [6.45, 7) is 0. The minimum absolute atomic E-state index is 0.270. The van der Waals surface area contributed by atoms with Gasteiger partial charge in [-0.05, 0) is 53.6 Å². The average molecular weight is 295 g/mol. The predicted octanol–water partition coefficient (Wildman–Crippen LogP) is 4.55. The fourth-order valence-electron chi connectivity index (χ4n) is 3.01. The van der Waals surface area contributed by atoms with Crippen LogP contribution in [-0.2, 0) is 0 Å². The van der Waals surface area contributed by atoms with Crippen LogP contribution in [0.15, 0.2) is 42.5 Å². The topological polar surface area (TPSA) is 53.1 Å². The molecule has 0 aliphatic heterocycles. The Kier molecular flexibility index (Phi) is 2.79. The minimum Gasteiger partial charge on any atom is -0.477 e. The number of hydrogen-bond acceptors (Lipinski definition) is 1. The van der Waals surface area contributed by atoms with E-state index in [1.807, 2.05) is 18.2 Å². The molecule has 4 heteroatoms. The summed E-state index contributed by atoms with van der Waals surface area (Å²) in [5.41, 5.74) is 3.89. The fraction of sp³-hybridized carbons (Fsp3) is 0.167. The molecule has 0 unspecified atom stereocenters. The number of benzene rings is 2. The third-order valence-electron chi connectivity index (χ3n) is 4.22. The van der Waals surface area contributed by atoms with Crippen LogP contribution in [0.25, 0.3) is 22.0 Å². The summed E-state index contributed by atoms with van der Waals surface area (Å²) in [7, 11) is 0. The van der Waals surface area contributed by atoms with E-state index < -0.39 is 5.97 Å². The highest BCUT2D eigenvalue weighted by Crippen LogP contribution is 2.45. The van der Waals surface area contributed by atoms with Gasteiger partial charge in [0.25, 0.3) is 0 Å². The van der Waals surface area contributed by atoms with Gasteiger partial charge in [-0.2, -0.15) is 0 Å². The van der Waals surface area contributed by atoms with Crippen molar-refractivity contribution in [2.24, 2.45) is 0 Å². The lowest BCUT2D eigenvalue weighted by molar-refractivity contribution is 0.0690. The van der Waals surface area contributed by atoms with Gasteiger partial charge in [0.2, 0.25) is 0 Å². The van der Waals surface area contributed by atoms with E-state index >= 15 is 0 Å². The highest BCUT2D eigenvalue weighted by molar-refractivity contribution is 5.99. The summed E-state index contributed by atoms with van der Waals surface area (Å²) < 4.78 is 13.0. The molecule has 0 bridgehead atoms. The van der Waals surface area contributed by atoms with E-state index in [2.05, 4.69) is 4.98 Å². The molecule has 110 valence electrons. The second-order valence-electron chi connectivity index (χ2n) is 5.76. The second-order valence-corrected chi connectivity index (χ2v) is 5.76. The minimum atomic E-state index is -0.915. The van der Waals surface area contributed by atoms with Crippen molar-refractivity contribution in [1.82, 2.24) is 4.98 Å². The Morgan fingerprint density at radius 1 is 1.09 bits per heavy atom. The van der Waals surface area contributed by atoms with Crippen molar-refractivity contribution in [2.75, 3.05) is 0 Å². The van der Waals surface area contributed by atoms with Crippen LogP contribution in [0.3, 0.4) is 0 Å². The number of carbonyl (C=O) groups is 1. The molecular formula is C18H14FNO2. The van der Waals surface area contributed by atoms with Gasteiger partial charge in [0.05, 0.1) is 0 Å². The molecule has 0 spiro atoms. The highest BCUT2D eigenvalue weighted by Gasteiger charge is 2.31. The maximum atomic E-state index is 13.0. The molecule has 3 nitrogen and oxygen atoms in total. The number of carboxylic acids is 1. The van der Waals surface area contributed by atoms with Crippen LogP contribution in [0.1, 0.15) is 34.8 Å². The highest BCUT2D eigenvalue weighted by atomic mass is 19.1. The van der Waals surface area contributed by atoms with Crippen molar-refractivity contribution in [3.05, 3.63) is 59.5 Å². The zero-order chi connectivity index (χ0) is 15.3. The normalized spacial score (nSPS) is 14.4. The molecule has 22 heavy (non-hydrogen) atoms. The van der Waals surface area contributed by atoms with Crippen LogP contribution in [-0.4, -0.2) is 16.1 Å². The van der Waals surface area contributed by atoms with Crippen LogP contribution in [0, 0.1) is 5.82 Å². The smallest absolute Gasteiger partial charge is 0.352 e. The monoisotopic (exact) mass is 295 g/mol. The molecule has 1 heterocycles. The third kappa shape index (κ3) is 2.08. The van der Waals surface area contributed by atoms with Gasteiger partial charge in [0.1, 0.15) is 11.5 Å². The number of fused-ring (bicyclic) bond motifs is 1. The lowest BCUT2D eigenvalue weighted by atomic mass is 10.0. The first kappa shape index (κ1) is 13.1. The van der Waals surface area contributed by atoms with E-state index in [0.29, 0.717) is 11.6 Å². The second kappa shape index (κ2) is 4.70. The Hall–Kier alpha value is -2.62. The Bertz CT molecular complexity index is 876. The van der Waals surface area contributed by atoms with Crippen LogP contribution >= 0.6 is 0 Å². The molecule has 2 aromatic carbocycles. The van der Waals surface area contributed by atoms with Crippen molar-refractivity contribution in [1.29, 1.82) is 0 Å². The molecule has 3 aromatic rings. The number of nitrogens with one attached hydrogen (secondary N) is 1. The summed E-state index contributed by atoms with van der Waals surface area (Å²) in [5, 5.41) is 10.4. The van der Waals surface area contributed by atoms with E-state index in [1.165, 1.54) is 12.1 Å². The van der Waals surface area contributed by atoms with E-state index in [4.69, 9.17) is 0 Å². The summed E-state index contributed by atoms with van der Waals surface area (Å²) in [6.07, 6.45) is 2.10. The van der Waals surface area contributed by atoms with Crippen molar-refractivity contribution in [2.45, 2.75) is 18.8 Å². The number of aromatic nitrogens is 1. The number of carboxylic acid groups (broad SMARTS) is 1. The number of aromatic carboxylic acids is 1. The zero-order valence-corrected chi connectivity index (χ0v) is 11.8. The summed E-state index contributed by atoms with van der Waals surface area (Å²) in [4.78, 5) is 14.5. The van der Waals surface area contributed by atoms with Crippen LogP contribution in [0.4, 0.5) is 4.39 Å². The molecule has 2 N–H and O–H groups in total. The maximum Gasteiger partial charge on any atom is 0.352 e. The van der Waals surface area contributed by atoms with Gasteiger partial charge < -0.3 is 10.1 Å². The van der Waals surface area contributed by atoms with Gasteiger partial charge in [-0.1, -0.05) is 24.3 Å². The quantitative estimate of drug-likeness (QED) is 0.744. The molecule has 1 aliphatic rings. The number of hydrogen-bond donors (Lipinski definition) is 2. The SMILES string of the molecule is O=C(O)c1[nH]c2cc(-c3ccc(F)cc3)ccc2c1C1CC1. The van der Waals surface area contributed by atoms with E-state index in [-0.39, 0.29) is 5.82 Å². The predicted molar refractivity (Wildman–Crippen MR) is 82.6 cm³/mol. The molecule has 0 radical (unpaired) electrons. The Morgan fingerprint density at radius 3 is 2.41 bits per heavy atom. The Labute approximate surface area is 126 Å². The molecule has 1 fully saturated rings. The number of H-pyrrole nitrogens is 1. The summed E-state index contributed by atoms with van der Waals surface area (Å²) >= 11 is 0. The van der Waals surface area contributed by atoms with Gasteiger partial charge >= 0.3 is 5.97 Å². The van der Waals surface area contributed by atoms with E-state index in [1.54, 1.807) is 12.1 Å². The summed E-state index contributed by atoms with van der Waals surface area (Å²) in [5.74, 6) is -0.827. The molecule has 0 atom stereocenters. The first-order valence-electron chi connectivity index (χ1n) is 7.28. The molecular weight excluding hydrogens is 281 g/mol. The molecule has 4 rings (SSSR count). The van der Waals surface area contributed by atoms with Gasteiger partial charge in [0, 0.05) is 10.9 Å². The van der Waals surface area contributed by atoms with Gasteiger partial charge in [-0.3, -0.25) is 0 Å².